The summed E-state index contributed by atoms with van der Waals surface area (Å²) in [5, 5.41) is 11.3. The quantitative estimate of drug-likeness (QED) is 0.744. The molecule has 1 fully saturated rings. The Morgan fingerprint density at radius 1 is 1.44 bits per heavy atom. The van der Waals surface area contributed by atoms with Gasteiger partial charge in [-0.2, -0.15) is 11.8 Å². The highest BCUT2D eigenvalue weighted by Gasteiger charge is 2.20. The number of nitrogens with one attached hydrogen (secondary N) is 1. The van der Waals surface area contributed by atoms with Gasteiger partial charge < -0.3 is 10.4 Å². The number of rotatable bonds is 6. The van der Waals surface area contributed by atoms with Gasteiger partial charge in [0.2, 0.25) is 5.91 Å². The van der Waals surface area contributed by atoms with E-state index in [0.29, 0.717) is 5.75 Å². The van der Waals surface area contributed by atoms with E-state index in [1.165, 1.54) is 32.6 Å². The molecule has 0 aromatic carbocycles. The Morgan fingerprint density at radius 3 is 2.56 bits per heavy atom. The molecule has 1 aliphatic rings. The Hall–Kier alpha value is -0.710. The van der Waals surface area contributed by atoms with Crippen molar-refractivity contribution in [1.29, 1.82) is 0 Å². The molecule has 1 aliphatic carbocycles. The van der Waals surface area contributed by atoms with E-state index in [9.17, 15) is 9.59 Å². The lowest BCUT2D eigenvalue weighted by molar-refractivity contribution is -0.140. The number of aliphatic carboxylic acids is 1. The highest BCUT2D eigenvalue weighted by atomic mass is 32.2. The van der Waals surface area contributed by atoms with Crippen LogP contribution in [0.2, 0.25) is 0 Å². The van der Waals surface area contributed by atoms with Crippen LogP contribution < -0.4 is 5.32 Å². The van der Waals surface area contributed by atoms with Gasteiger partial charge in [-0.1, -0.05) is 12.8 Å². The minimum absolute atomic E-state index is 0.283. The molecule has 1 saturated carbocycles. The summed E-state index contributed by atoms with van der Waals surface area (Å²) in [5.74, 6) is 0.995. The van der Waals surface area contributed by atoms with E-state index in [1.807, 2.05) is 0 Å². The van der Waals surface area contributed by atoms with Gasteiger partial charge in [-0.3, -0.25) is 4.79 Å². The molecule has 1 rings (SSSR count). The van der Waals surface area contributed by atoms with Crippen LogP contribution in [0.1, 0.15) is 32.6 Å². The molecule has 2 N–H and O–H groups in total. The van der Waals surface area contributed by atoms with Crippen LogP contribution in [0, 0.1) is 5.92 Å². The van der Waals surface area contributed by atoms with Crippen molar-refractivity contribution in [2.24, 2.45) is 5.92 Å². The lowest BCUT2D eigenvalue weighted by Crippen LogP contribution is -2.41. The standard InChI is InChI=1S/C11H19NO3S/c1-8(13)12-10(11(14)15)7-16-6-9-4-2-3-5-9/h9-10H,2-7H2,1H3,(H,12,13)(H,14,15)/t10-/m0/s1. The maximum Gasteiger partial charge on any atom is 0.327 e. The maximum absolute atomic E-state index is 10.8. The number of hydrogen-bond donors (Lipinski definition) is 2. The number of carbonyl (C=O) groups excluding carboxylic acids is 1. The van der Waals surface area contributed by atoms with Crippen molar-refractivity contribution in [3.8, 4) is 0 Å². The number of carboxylic acids is 1. The molecule has 0 heterocycles. The molecule has 0 unspecified atom stereocenters. The van der Waals surface area contributed by atoms with Crippen molar-refractivity contribution >= 4 is 23.6 Å². The fourth-order valence-corrected chi connectivity index (χ4v) is 3.21. The van der Waals surface area contributed by atoms with Crippen molar-refractivity contribution in [2.45, 2.75) is 38.6 Å². The average Bonchev–Trinajstić information content (AvgIpc) is 2.68. The Bertz CT molecular complexity index is 252. The topological polar surface area (TPSA) is 66.4 Å². The van der Waals surface area contributed by atoms with Gasteiger partial charge in [-0.25, -0.2) is 4.79 Å². The molecule has 0 aliphatic heterocycles. The van der Waals surface area contributed by atoms with Gasteiger partial charge >= 0.3 is 5.97 Å². The van der Waals surface area contributed by atoms with Crippen LogP contribution in [0.25, 0.3) is 0 Å². The molecule has 0 saturated heterocycles. The minimum Gasteiger partial charge on any atom is -0.480 e. The Kier molecular flexibility index (Phi) is 5.66. The summed E-state index contributed by atoms with van der Waals surface area (Å²) in [6.45, 7) is 1.34. The largest absolute Gasteiger partial charge is 0.480 e. The van der Waals surface area contributed by atoms with E-state index in [1.54, 1.807) is 11.8 Å². The third-order valence-electron chi connectivity index (χ3n) is 2.79. The van der Waals surface area contributed by atoms with E-state index < -0.39 is 12.0 Å². The Morgan fingerprint density at radius 2 is 2.06 bits per heavy atom. The predicted octanol–water partition coefficient (Wildman–Crippen LogP) is 1.50. The zero-order valence-electron chi connectivity index (χ0n) is 9.57. The first-order valence-corrected chi connectivity index (χ1v) is 6.82. The molecule has 1 atom stereocenters. The zero-order valence-corrected chi connectivity index (χ0v) is 10.4. The fourth-order valence-electron chi connectivity index (χ4n) is 1.95. The lowest BCUT2D eigenvalue weighted by atomic mass is 10.1. The van der Waals surface area contributed by atoms with E-state index in [2.05, 4.69) is 5.32 Å². The van der Waals surface area contributed by atoms with Crippen LogP contribution in [-0.2, 0) is 9.59 Å². The molecule has 0 aromatic rings. The molecule has 92 valence electrons. The fraction of sp³-hybridized carbons (Fsp3) is 0.818. The Labute approximate surface area is 100 Å². The molecule has 0 spiro atoms. The Balaban J connectivity index is 2.21. The van der Waals surface area contributed by atoms with Gasteiger partial charge in [0.15, 0.2) is 0 Å². The summed E-state index contributed by atoms with van der Waals surface area (Å²) in [6.07, 6.45) is 5.15. The van der Waals surface area contributed by atoms with Crippen molar-refractivity contribution in [2.75, 3.05) is 11.5 Å². The third-order valence-corrected chi connectivity index (χ3v) is 4.06. The first-order chi connectivity index (χ1) is 7.59. The van der Waals surface area contributed by atoms with Crippen LogP contribution in [0.15, 0.2) is 0 Å². The van der Waals surface area contributed by atoms with Crippen LogP contribution >= 0.6 is 11.8 Å². The first-order valence-electron chi connectivity index (χ1n) is 5.67. The van der Waals surface area contributed by atoms with Gasteiger partial charge in [0.1, 0.15) is 6.04 Å². The molecule has 0 bridgehead atoms. The third kappa shape index (κ3) is 4.88. The SMILES string of the molecule is CC(=O)N[C@@H](CSCC1CCCC1)C(=O)O. The monoisotopic (exact) mass is 245 g/mol. The molecule has 0 radical (unpaired) electrons. The highest BCUT2D eigenvalue weighted by molar-refractivity contribution is 7.99. The predicted molar refractivity (Wildman–Crippen MR) is 64.5 cm³/mol. The minimum atomic E-state index is -0.950. The maximum atomic E-state index is 10.8. The van der Waals surface area contributed by atoms with Crippen molar-refractivity contribution in [3.63, 3.8) is 0 Å². The van der Waals surface area contributed by atoms with Gasteiger partial charge in [-0.15, -0.1) is 0 Å². The smallest absolute Gasteiger partial charge is 0.327 e. The van der Waals surface area contributed by atoms with Crippen molar-refractivity contribution in [1.82, 2.24) is 5.32 Å². The number of carbonyl (C=O) groups is 2. The van der Waals surface area contributed by atoms with E-state index in [-0.39, 0.29) is 5.91 Å². The van der Waals surface area contributed by atoms with Gasteiger partial charge in [0.05, 0.1) is 0 Å². The molecule has 1 amide bonds. The van der Waals surface area contributed by atoms with Crippen LogP contribution in [0.3, 0.4) is 0 Å². The molecule has 4 nitrogen and oxygen atoms in total. The van der Waals surface area contributed by atoms with Crippen molar-refractivity contribution in [3.05, 3.63) is 0 Å². The lowest BCUT2D eigenvalue weighted by Gasteiger charge is -2.14. The summed E-state index contributed by atoms with van der Waals surface area (Å²) in [6, 6.07) is -0.746. The molecule has 5 heteroatoms. The molecule has 0 aromatic heterocycles. The summed E-state index contributed by atoms with van der Waals surface area (Å²) in [4.78, 5) is 21.6. The van der Waals surface area contributed by atoms with Crippen molar-refractivity contribution < 1.29 is 14.7 Å². The summed E-state index contributed by atoms with van der Waals surface area (Å²) in [5.41, 5.74) is 0. The first kappa shape index (κ1) is 13.4. The van der Waals surface area contributed by atoms with E-state index >= 15 is 0 Å². The van der Waals surface area contributed by atoms with Crippen LogP contribution in [0.5, 0.6) is 0 Å². The van der Waals surface area contributed by atoms with Gasteiger partial charge in [-0.05, 0) is 24.5 Å². The summed E-state index contributed by atoms with van der Waals surface area (Å²) < 4.78 is 0. The van der Waals surface area contributed by atoms with Gasteiger partial charge in [0, 0.05) is 12.7 Å². The van der Waals surface area contributed by atoms with Gasteiger partial charge in [0.25, 0.3) is 0 Å². The molecular weight excluding hydrogens is 226 g/mol. The second-order valence-corrected chi connectivity index (χ2v) is 5.35. The van der Waals surface area contributed by atoms with E-state index in [4.69, 9.17) is 5.11 Å². The summed E-state index contributed by atoms with van der Waals surface area (Å²) in [7, 11) is 0. The number of hydrogen-bond acceptors (Lipinski definition) is 3. The molecular formula is C11H19NO3S. The van der Waals surface area contributed by atoms with Crippen LogP contribution in [-0.4, -0.2) is 34.5 Å². The normalized spacial score (nSPS) is 18.3. The highest BCUT2D eigenvalue weighted by Crippen LogP contribution is 2.27. The average molecular weight is 245 g/mol. The van der Waals surface area contributed by atoms with Crippen LogP contribution in [0.4, 0.5) is 0 Å². The number of amides is 1. The second-order valence-electron chi connectivity index (χ2n) is 4.28. The second kappa shape index (κ2) is 6.78. The molecule has 16 heavy (non-hydrogen) atoms. The summed E-state index contributed by atoms with van der Waals surface area (Å²) >= 11 is 1.63. The number of thioether (sulfide) groups is 1. The zero-order chi connectivity index (χ0) is 12.0. The van der Waals surface area contributed by atoms with E-state index in [0.717, 1.165) is 11.7 Å². The number of carboxylic acid groups (broad SMARTS) is 1.